The van der Waals surface area contributed by atoms with Gasteiger partial charge in [0, 0.05) is 44.8 Å². The summed E-state index contributed by atoms with van der Waals surface area (Å²) in [5.74, 6) is 1.06. The molecule has 1 fully saturated rings. The molecule has 0 aromatic carbocycles. The molecular formula is C18H23ClN8O2. The number of hydrogen-bond donors (Lipinski definition) is 2. The first kappa shape index (κ1) is 20.7. The van der Waals surface area contributed by atoms with Crippen LogP contribution in [0.3, 0.4) is 0 Å². The van der Waals surface area contributed by atoms with E-state index in [-0.39, 0.29) is 24.2 Å². The second-order valence-corrected chi connectivity index (χ2v) is 6.44. The molecule has 0 aliphatic carbocycles. The van der Waals surface area contributed by atoms with Crippen LogP contribution in [0.4, 0.5) is 11.6 Å². The molecule has 0 atom stereocenters. The number of halogens is 1. The molecule has 3 aromatic rings. The first-order valence-corrected chi connectivity index (χ1v) is 9.20. The normalized spacial score (nSPS) is 13.8. The second kappa shape index (κ2) is 9.01. The summed E-state index contributed by atoms with van der Waals surface area (Å²) in [6.45, 7) is 5.84. The van der Waals surface area contributed by atoms with Gasteiger partial charge >= 0.3 is 0 Å². The zero-order valence-electron chi connectivity index (χ0n) is 16.3. The maximum atomic E-state index is 12.8. The van der Waals surface area contributed by atoms with Crippen molar-refractivity contribution in [3.63, 3.8) is 0 Å². The Morgan fingerprint density at radius 2 is 2.07 bits per heavy atom. The maximum absolute atomic E-state index is 12.8. The summed E-state index contributed by atoms with van der Waals surface area (Å²) < 4.78 is 7.19. The van der Waals surface area contributed by atoms with Gasteiger partial charge in [-0.15, -0.1) is 12.4 Å². The molecule has 4 rings (SSSR count). The van der Waals surface area contributed by atoms with Gasteiger partial charge in [-0.1, -0.05) is 0 Å². The van der Waals surface area contributed by atoms with Gasteiger partial charge in [-0.2, -0.15) is 10.1 Å². The lowest BCUT2D eigenvalue weighted by Gasteiger charge is -2.28. The molecule has 0 bridgehead atoms. The van der Waals surface area contributed by atoms with E-state index in [2.05, 4.69) is 35.6 Å². The number of carbonyl (C=O) groups excluding carboxylic acids is 1. The number of amides is 1. The fourth-order valence-electron chi connectivity index (χ4n) is 3.09. The fraction of sp³-hybridized carbons (Fsp3) is 0.389. The minimum atomic E-state index is -0.356. The van der Waals surface area contributed by atoms with E-state index in [1.807, 2.05) is 6.92 Å². The van der Waals surface area contributed by atoms with Crippen LogP contribution in [-0.4, -0.2) is 63.4 Å². The number of rotatable bonds is 5. The molecule has 1 saturated heterocycles. The molecule has 0 spiro atoms. The van der Waals surface area contributed by atoms with Crippen molar-refractivity contribution >= 4 is 41.0 Å². The number of ether oxygens (including phenoxy) is 1. The molecule has 11 heteroatoms. The van der Waals surface area contributed by atoms with Crippen molar-refractivity contribution in [1.29, 1.82) is 0 Å². The van der Waals surface area contributed by atoms with Crippen molar-refractivity contribution in [1.82, 2.24) is 30.0 Å². The molecule has 3 aromatic heterocycles. The predicted octanol–water partition coefficient (Wildman–Crippen LogP) is 1.24. The Morgan fingerprint density at radius 1 is 1.28 bits per heavy atom. The summed E-state index contributed by atoms with van der Waals surface area (Å²) in [5.41, 5.74) is 0.859. The van der Waals surface area contributed by atoms with Gasteiger partial charge in [0.1, 0.15) is 11.4 Å². The van der Waals surface area contributed by atoms with E-state index in [9.17, 15) is 4.79 Å². The molecule has 0 saturated carbocycles. The van der Waals surface area contributed by atoms with Crippen LogP contribution in [0, 0.1) is 0 Å². The average molecular weight is 419 g/mol. The molecule has 1 aliphatic heterocycles. The molecule has 2 N–H and O–H groups in total. The van der Waals surface area contributed by atoms with E-state index in [0.717, 1.165) is 37.4 Å². The van der Waals surface area contributed by atoms with Crippen LogP contribution in [0.1, 0.15) is 17.3 Å². The van der Waals surface area contributed by atoms with E-state index < -0.39 is 0 Å². The van der Waals surface area contributed by atoms with Gasteiger partial charge in [-0.05, 0) is 13.0 Å². The van der Waals surface area contributed by atoms with Crippen LogP contribution in [0.25, 0.3) is 11.0 Å². The van der Waals surface area contributed by atoms with Crippen molar-refractivity contribution in [3.8, 4) is 5.88 Å². The van der Waals surface area contributed by atoms with Gasteiger partial charge in [0.15, 0.2) is 11.5 Å². The number of aryl methyl sites for hydroxylation is 1. The summed E-state index contributed by atoms with van der Waals surface area (Å²) in [6, 6.07) is 1.72. The Bertz CT molecular complexity index is 985. The van der Waals surface area contributed by atoms with Gasteiger partial charge in [0.05, 0.1) is 19.0 Å². The third kappa shape index (κ3) is 4.54. The first-order chi connectivity index (χ1) is 13.6. The Morgan fingerprint density at radius 3 is 2.76 bits per heavy atom. The van der Waals surface area contributed by atoms with E-state index >= 15 is 0 Å². The van der Waals surface area contributed by atoms with Gasteiger partial charge in [0.25, 0.3) is 5.91 Å². The Kier molecular flexibility index (Phi) is 6.45. The lowest BCUT2D eigenvalue weighted by Crippen LogP contribution is -2.43. The van der Waals surface area contributed by atoms with E-state index in [0.29, 0.717) is 23.6 Å². The number of carbonyl (C=O) groups is 1. The molecule has 0 radical (unpaired) electrons. The van der Waals surface area contributed by atoms with Crippen LogP contribution in [0.5, 0.6) is 5.88 Å². The van der Waals surface area contributed by atoms with E-state index in [1.54, 1.807) is 36.4 Å². The zero-order valence-corrected chi connectivity index (χ0v) is 17.1. The van der Waals surface area contributed by atoms with E-state index in [4.69, 9.17) is 4.74 Å². The van der Waals surface area contributed by atoms with Crippen molar-refractivity contribution in [2.45, 2.75) is 6.92 Å². The van der Waals surface area contributed by atoms with Crippen molar-refractivity contribution in [2.75, 3.05) is 43.0 Å². The highest BCUT2D eigenvalue weighted by Crippen LogP contribution is 2.23. The Hall–Kier alpha value is -2.98. The largest absolute Gasteiger partial charge is 0.477 e. The van der Waals surface area contributed by atoms with Crippen LogP contribution in [0.2, 0.25) is 0 Å². The SMILES string of the molecule is CCOc1nc2nn(C)cc2cc1C(=O)Nc1cnc(N2CCNCC2)cn1.Cl. The molecule has 1 amide bonds. The number of nitrogens with one attached hydrogen (secondary N) is 2. The van der Waals surface area contributed by atoms with Gasteiger partial charge < -0.3 is 20.3 Å². The smallest absolute Gasteiger partial charge is 0.262 e. The number of aromatic nitrogens is 5. The van der Waals surface area contributed by atoms with Crippen LogP contribution < -0.4 is 20.3 Å². The summed E-state index contributed by atoms with van der Waals surface area (Å²) in [7, 11) is 1.80. The molecular weight excluding hydrogens is 396 g/mol. The standard InChI is InChI=1S/C18H22N8O2.ClH/c1-3-28-18-13(8-12-11-25(2)24-16(12)23-18)17(27)22-14-9-21-15(10-20-14)26-6-4-19-5-7-26;/h8-11,19H,3-7H2,1-2H3,(H,20,22,27);1H. The highest BCUT2D eigenvalue weighted by Gasteiger charge is 2.18. The fourth-order valence-corrected chi connectivity index (χ4v) is 3.09. The van der Waals surface area contributed by atoms with Crippen LogP contribution >= 0.6 is 12.4 Å². The second-order valence-electron chi connectivity index (χ2n) is 6.44. The highest BCUT2D eigenvalue weighted by atomic mass is 35.5. The van der Waals surface area contributed by atoms with Gasteiger partial charge in [-0.25, -0.2) is 9.97 Å². The number of anilines is 2. The van der Waals surface area contributed by atoms with Crippen molar-refractivity contribution in [3.05, 3.63) is 30.2 Å². The summed E-state index contributed by atoms with van der Waals surface area (Å²) >= 11 is 0. The number of fused-ring (bicyclic) bond motifs is 1. The maximum Gasteiger partial charge on any atom is 0.262 e. The molecule has 4 heterocycles. The number of hydrogen-bond acceptors (Lipinski definition) is 8. The summed E-state index contributed by atoms with van der Waals surface area (Å²) in [5, 5.41) is 11.1. The lowest BCUT2D eigenvalue weighted by atomic mass is 10.2. The van der Waals surface area contributed by atoms with Crippen molar-refractivity contribution in [2.24, 2.45) is 7.05 Å². The Labute approximate surface area is 174 Å². The third-order valence-corrected chi connectivity index (χ3v) is 4.42. The topological polar surface area (TPSA) is 110 Å². The van der Waals surface area contributed by atoms with Gasteiger partial charge in [0.2, 0.25) is 5.88 Å². The Balaban J connectivity index is 0.00000240. The lowest BCUT2D eigenvalue weighted by molar-refractivity contribution is 0.102. The number of pyridine rings is 1. The molecule has 1 aliphatic rings. The summed E-state index contributed by atoms with van der Waals surface area (Å²) in [4.78, 5) is 28.1. The monoisotopic (exact) mass is 418 g/mol. The first-order valence-electron chi connectivity index (χ1n) is 9.20. The average Bonchev–Trinajstić information content (AvgIpc) is 3.08. The zero-order chi connectivity index (χ0) is 19.5. The van der Waals surface area contributed by atoms with Crippen LogP contribution in [-0.2, 0) is 7.05 Å². The molecule has 29 heavy (non-hydrogen) atoms. The minimum absolute atomic E-state index is 0. The minimum Gasteiger partial charge on any atom is -0.477 e. The predicted molar refractivity (Wildman–Crippen MR) is 112 cm³/mol. The van der Waals surface area contributed by atoms with Crippen LogP contribution in [0.15, 0.2) is 24.7 Å². The number of piperazine rings is 1. The molecule has 10 nitrogen and oxygen atoms in total. The van der Waals surface area contributed by atoms with Crippen molar-refractivity contribution < 1.29 is 9.53 Å². The third-order valence-electron chi connectivity index (χ3n) is 4.42. The molecule has 0 unspecified atom stereocenters. The van der Waals surface area contributed by atoms with Gasteiger partial charge in [-0.3, -0.25) is 9.48 Å². The quantitative estimate of drug-likeness (QED) is 0.636. The molecule has 154 valence electrons. The number of nitrogens with zero attached hydrogens (tertiary/aromatic N) is 6. The summed E-state index contributed by atoms with van der Waals surface area (Å²) in [6.07, 6.45) is 5.04. The highest BCUT2D eigenvalue weighted by molar-refractivity contribution is 6.07. The van der Waals surface area contributed by atoms with E-state index in [1.165, 1.54) is 0 Å².